The van der Waals surface area contributed by atoms with Gasteiger partial charge < -0.3 is 4.90 Å². The van der Waals surface area contributed by atoms with Crippen LogP contribution >= 0.6 is 0 Å². The summed E-state index contributed by atoms with van der Waals surface area (Å²) in [6.07, 6.45) is 1.12. The van der Waals surface area contributed by atoms with E-state index in [1.165, 1.54) is 11.1 Å². The number of carbonyl (C=O) groups is 1. The molecule has 1 amide bonds. The molecule has 3 nitrogen and oxygen atoms in total. The Hall–Kier alpha value is -1.35. The first-order valence-corrected chi connectivity index (χ1v) is 7.16. The van der Waals surface area contributed by atoms with Crippen molar-refractivity contribution in [2.75, 3.05) is 6.54 Å². The van der Waals surface area contributed by atoms with Crippen molar-refractivity contribution < 1.29 is 4.79 Å². The molecule has 0 radical (unpaired) electrons. The predicted octanol–water partition coefficient (Wildman–Crippen LogP) is 2.86. The second-order valence-electron chi connectivity index (χ2n) is 5.71. The van der Waals surface area contributed by atoms with Crippen molar-refractivity contribution >= 4 is 5.91 Å². The molecule has 1 heterocycles. The van der Waals surface area contributed by atoms with Crippen molar-refractivity contribution in [2.45, 2.75) is 46.3 Å². The highest BCUT2D eigenvalue weighted by Gasteiger charge is 2.37. The Labute approximate surface area is 116 Å². The first-order chi connectivity index (χ1) is 9.02. The maximum absolute atomic E-state index is 12.3. The Bertz CT molecular complexity index is 458. The highest BCUT2D eigenvalue weighted by atomic mass is 16.2. The molecule has 1 aromatic rings. The summed E-state index contributed by atoms with van der Waals surface area (Å²) < 4.78 is 0. The summed E-state index contributed by atoms with van der Waals surface area (Å²) in [6, 6.07) is 8.31. The van der Waals surface area contributed by atoms with Crippen LogP contribution in [0.4, 0.5) is 0 Å². The summed E-state index contributed by atoms with van der Waals surface area (Å²) in [5, 5.41) is 3.40. The molecule has 0 bridgehead atoms. The molecule has 0 aliphatic carbocycles. The van der Waals surface area contributed by atoms with Gasteiger partial charge in [0.25, 0.3) is 0 Å². The molecule has 0 saturated carbocycles. The van der Waals surface area contributed by atoms with E-state index in [1.54, 1.807) is 0 Å². The van der Waals surface area contributed by atoms with Gasteiger partial charge in [-0.3, -0.25) is 10.1 Å². The zero-order chi connectivity index (χ0) is 14.0. The molecule has 1 N–H and O–H groups in total. The summed E-state index contributed by atoms with van der Waals surface area (Å²) in [5.74, 6) is 0.746. The third kappa shape index (κ3) is 2.98. The van der Waals surface area contributed by atoms with E-state index in [9.17, 15) is 4.79 Å². The second kappa shape index (κ2) is 5.74. The van der Waals surface area contributed by atoms with Crippen LogP contribution in [0, 0.1) is 12.8 Å². The fraction of sp³-hybridized carbons (Fsp3) is 0.562. The number of carbonyl (C=O) groups excluding carboxylic acids is 1. The quantitative estimate of drug-likeness (QED) is 0.903. The molecule has 1 aromatic carbocycles. The van der Waals surface area contributed by atoms with Crippen LogP contribution in [0.3, 0.4) is 0 Å². The molecule has 3 unspecified atom stereocenters. The van der Waals surface area contributed by atoms with Gasteiger partial charge in [-0.05, 0) is 25.3 Å². The molecular formula is C16H24N2O. The number of nitrogens with zero attached hydrogens (tertiary/aromatic N) is 1. The van der Waals surface area contributed by atoms with Crippen LogP contribution in [-0.4, -0.2) is 23.4 Å². The first-order valence-electron chi connectivity index (χ1n) is 7.16. The van der Waals surface area contributed by atoms with Crippen molar-refractivity contribution in [1.82, 2.24) is 10.2 Å². The Kier molecular flexibility index (Phi) is 4.25. The van der Waals surface area contributed by atoms with Gasteiger partial charge in [0.2, 0.25) is 5.91 Å². The molecule has 3 heteroatoms. The van der Waals surface area contributed by atoms with E-state index >= 15 is 0 Å². The van der Waals surface area contributed by atoms with E-state index in [1.807, 2.05) is 11.8 Å². The number of amides is 1. The van der Waals surface area contributed by atoms with Gasteiger partial charge in [-0.2, -0.15) is 0 Å². The summed E-state index contributed by atoms with van der Waals surface area (Å²) in [7, 11) is 0. The summed E-state index contributed by atoms with van der Waals surface area (Å²) in [6.45, 7) is 9.23. The molecule has 0 spiro atoms. The van der Waals surface area contributed by atoms with Crippen LogP contribution in [0.15, 0.2) is 24.3 Å². The van der Waals surface area contributed by atoms with Gasteiger partial charge in [-0.1, -0.05) is 50.1 Å². The highest BCUT2D eigenvalue weighted by molar-refractivity contribution is 5.84. The lowest BCUT2D eigenvalue weighted by Crippen LogP contribution is -2.34. The molecule has 2 rings (SSSR count). The van der Waals surface area contributed by atoms with E-state index in [2.05, 4.69) is 50.4 Å². The number of aryl methyl sites for hydroxylation is 1. The normalized spacial score (nSPS) is 24.8. The molecule has 1 aliphatic heterocycles. The lowest BCUT2D eigenvalue weighted by molar-refractivity contribution is -0.130. The van der Waals surface area contributed by atoms with Gasteiger partial charge in [0.05, 0.1) is 6.04 Å². The van der Waals surface area contributed by atoms with Crippen molar-refractivity contribution in [3.63, 3.8) is 0 Å². The maximum atomic E-state index is 12.3. The maximum Gasteiger partial charge on any atom is 0.241 e. The molecule has 1 saturated heterocycles. The molecular weight excluding hydrogens is 236 g/mol. The molecule has 1 fully saturated rings. The van der Waals surface area contributed by atoms with Crippen molar-refractivity contribution in [2.24, 2.45) is 5.92 Å². The van der Waals surface area contributed by atoms with Gasteiger partial charge in [-0.25, -0.2) is 0 Å². The van der Waals surface area contributed by atoms with Crippen LogP contribution in [0.1, 0.15) is 44.5 Å². The monoisotopic (exact) mass is 260 g/mol. The third-order valence-corrected chi connectivity index (χ3v) is 3.94. The molecule has 0 aromatic heterocycles. The van der Waals surface area contributed by atoms with Crippen LogP contribution in [0.5, 0.6) is 0 Å². The molecule has 104 valence electrons. The van der Waals surface area contributed by atoms with Gasteiger partial charge in [0.1, 0.15) is 6.17 Å². The number of hydrogen-bond donors (Lipinski definition) is 1. The zero-order valence-corrected chi connectivity index (χ0v) is 12.3. The van der Waals surface area contributed by atoms with E-state index in [0.29, 0.717) is 5.92 Å². The lowest BCUT2D eigenvalue weighted by atomic mass is 10.1. The van der Waals surface area contributed by atoms with Crippen LogP contribution in [-0.2, 0) is 4.79 Å². The average Bonchev–Trinajstić information content (AvgIpc) is 2.67. The predicted molar refractivity (Wildman–Crippen MR) is 77.7 cm³/mol. The average molecular weight is 260 g/mol. The molecule has 19 heavy (non-hydrogen) atoms. The van der Waals surface area contributed by atoms with Crippen LogP contribution in [0.2, 0.25) is 0 Å². The minimum Gasteiger partial charge on any atom is -0.321 e. The van der Waals surface area contributed by atoms with E-state index in [4.69, 9.17) is 0 Å². The van der Waals surface area contributed by atoms with Crippen LogP contribution < -0.4 is 5.32 Å². The van der Waals surface area contributed by atoms with Crippen LogP contribution in [0.25, 0.3) is 0 Å². The number of rotatable bonds is 4. The summed E-state index contributed by atoms with van der Waals surface area (Å²) >= 11 is 0. The first kappa shape index (κ1) is 14.1. The lowest BCUT2D eigenvalue weighted by Gasteiger charge is -2.27. The zero-order valence-electron chi connectivity index (χ0n) is 12.3. The minimum absolute atomic E-state index is 0.0244. The third-order valence-electron chi connectivity index (χ3n) is 3.94. The topological polar surface area (TPSA) is 32.3 Å². The van der Waals surface area contributed by atoms with Gasteiger partial charge in [-0.15, -0.1) is 0 Å². The number of hydrogen-bond acceptors (Lipinski definition) is 2. The van der Waals surface area contributed by atoms with Crippen molar-refractivity contribution in [1.29, 1.82) is 0 Å². The van der Waals surface area contributed by atoms with Crippen molar-refractivity contribution in [3.05, 3.63) is 35.4 Å². The Morgan fingerprint density at radius 1 is 1.42 bits per heavy atom. The minimum atomic E-state index is -0.0884. The second-order valence-corrected chi connectivity index (χ2v) is 5.71. The Morgan fingerprint density at radius 3 is 2.79 bits per heavy atom. The van der Waals surface area contributed by atoms with Gasteiger partial charge in [0.15, 0.2) is 0 Å². The summed E-state index contributed by atoms with van der Waals surface area (Å²) in [5.41, 5.74) is 2.41. The SMILES string of the molecule is CCC(C)CN1C(=O)C(C)NC1c1cccc(C)c1. The van der Waals surface area contributed by atoms with E-state index in [0.717, 1.165) is 13.0 Å². The van der Waals surface area contributed by atoms with Gasteiger partial charge in [0, 0.05) is 6.54 Å². The fourth-order valence-electron chi connectivity index (χ4n) is 2.55. The largest absolute Gasteiger partial charge is 0.321 e. The highest BCUT2D eigenvalue weighted by Crippen LogP contribution is 2.27. The number of nitrogens with one attached hydrogen (secondary N) is 1. The molecule has 3 atom stereocenters. The summed E-state index contributed by atoms with van der Waals surface area (Å²) in [4.78, 5) is 14.3. The van der Waals surface area contributed by atoms with Gasteiger partial charge >= 0.3 is 0 Å². The standard InChI is InChI=1S/C16H24N2O/c1-5-11(2)10-18-15(17-13(4)16(18)19)14-8-6-7-12(3)9-14/h6-9,11,13,15,17H,5,10H2,1-4H3. The molecule has 1 aliphatic rings. The smallest absolute Gasteiger partial charge is 0.241 e. The Balaban J connectivity index is 2.24. The number of benzene rings is 1. The fourth-order valence-corrected chi connectivity index (χ4v) is 2.55. The van der Waals surface area contributed by atoms with E-state index in [-0.39, 0.29) is 18.1 Å². The van der Waals surface area contributed by atoms with E-state index < -0.39 is 0 Å². The van der Waals surface area contributed by atoms with Crippen molar-refractivity contribution in [3.8, 4) is 0 Å². The Morgan fingerprint density at radius 2 is 2.16 bits per heavy atom.